The molecule has 1 amide bonds. The Kier molecular flexibility index (Phi) is 6.21. The zero-order valence-corrected chi connectivity index (χ0v) is 15.2. The van der Waals surface area contributed by atoms with E-state index in [2.05, 4.69) is 24.5 Å². The van der Waals surface area contributed by atoms with Crippen molar-refractivity contribution in [2.75, 3.05) is 10.6 Å². The molecule has 0 radical (unpaired) electrons. The predicted octanol–water partition coefficient (Wildman–Crippen LogP) is 5.23. The fourth-order valence-electron chi connectivity index (χ4n) is 2.24. The normalized spacial score (nSPS) is 11.1. The van der Waals surface area contributed by atoms with Gasteiger partial charge in [0.25, 0.3) is 5.91 Å². The third kappa shape index (κ3) is 5.10. The minimum absolute atomic E-state index is 0.0118. The zero-order chi connectivity index (χ0) is 18.4. The van der Waals surface area contributed by atoms with Crippen LogP contribution in [0.1, 0.15) is 30.9 Å². The van der Waals surface area contributed by atoms with Crippen LogP contribution >= 0.6 is 11.6 Å². The molecular weight excluding hydrogens is 334 g/mol. The second-order valence-corrected chi connectivity index (χ2v) is 6.44. The molecule has 0 unspecified atom stereocenters. The van der Waals surface area contributed by atoms with Crippen molar-refractivity contribution in [3.63, 3.8) is 0 Å². The number of aryl methyl sites for hydroxylation is 1. The number of hydrogen-bond acceptors (Lipinski definition) is 3. The first-order valence-electron chi connectivity index (χ1n) is 7.95. The number of nitriles is 1. The summed E-state index contributed by atoms with van der Waals surface area (Å²) in [6.07, 6.45) is 1.40. The molecular formula is C20H20ClN3O. The number of carbonyl (C=O) groups is 1. The van der Waals surface area contributed by atoms with Gasteiger partial charge in [-0.1, -0.05) is 37.6 Å². The number of amides is 1. The molecule has 0 bridgehead atoms. The second kappa shape index (κ2) is 8.36. The summed E-state index contributed by atoms with van der Waals surface area (Å²) in [7, 11) is 0. The van der Waals surface area contributed by atoms with Crippen molar-refractivity contribution < 1.29 is 4.79 Å². The molecule has 0 saturated heterocycles. The maximum Gasteiger partial charge on any atom is 0.267 e. The first-order valence-corrected chi connectivity index (χ1v) is 8.32. The van der Waals surface area contributed by atoms with Crippen molar-refractivity contribution in [3.05, 3.63) is 70.4 Å². The Morgan fingerprint density at radius 3 is 2.44 bits per heavy atom. The predicted molar refractivity (Wildman–Crippen MR) is 103 cm³/mol. The number of hydrogen-bond donors (Lipinski definition) is 2. The Balaban J connectivity index is 2.08. The summed E-state index contributed by atoms with van der Waals surface area (Å²) < 4.78 is 0. The van der Waals surface area contributed by atoms with Crippen molar-refractivity contribution in [2.24, 2.45) is 0 Å². The molecule has 0 aliphatic rings. The summed E-state index contributed by atoms with van der Waals surface area (Å²) in [4.78, 5) is 12.3. The molecule has 0 atom stereocenters. The Labute approximate surface area is 153 Å². The fraction of sp³-hybridized carbons (Fsp3) is 0.200. The fourth-order valence-corrected chi connectivity index (χ4v) is 2.46. The van der Waals surface area contributed by atoms with E-state index in [-0.39, 0.29) is 5.57 Å². The lowest BCUT2D eigenvalue weighted by Crippen LogP contribution is -2.14. The lowest BCUT2D eigenvalue weighted by molar-refractivity contribution is -0.112. The van der Waals surface area contributed by atoms with Crippen LogP contribution in [0.25, 0.3) is 0 Å². The standard InChI is InChI=1S/C20H20ClN3O/c1-13(2)15-4-7-18(8-5-15)24-20(25)16(11-22)12-23-19-9-6-17(21)10-14(19)3/h4-10,12-13,23H,1-3H3,(H,24,25)/b16-12-. The Bertz CT molecular complexity index is 833. The van der Waals surface area contributed by atoms with Crippen molar-refractivity contribution in [3.8, 4) is 6.07 Å². The van der Waals surface area contributed by atoms with Crippen LogP contribution < -0.4 is 10.6 Å². The first kappa shape index (κ1) is 18.6. The van der Waals surface area contributed by atoms with E-state index in [0.717, 1.165) is 11.3 Å². The van der Waals surface area contributed by atoms with Gasteiger partial charge in [0.15, 0.2) is 0 Å². The van der Waals surface area contributed by atoms with Crippen LogP contribution in [0.2, 0.25) is 5.02 Å². The van der Waals surface area contributed by atoms with Gasteiger partial charge in [-0.2, -0.15) is 5.26 Å². The highest BCUT2D eigenvalue weighted by atomic mass is 35.5. The molecule has 0 aliphatic heterocycles. The van der Waals surface area contributed by atoms with Gasteiger partial charge >= 0.3 is 0 Å². The lowest BCUT2D eigenvalue weighted by atomic mass is 10.0. The van der Waals surface area contributed by atoms with Gasteiger partial charge in [0, 0.05) is 22.6 Å². The van der Waals surface area contributed by atoms with Gasteiger partial charge in [-0.15, -0.1) is 0 Å². The third-order valence-corrected chi connectivity index (χ3v) is 4.00. The van der Waals surface area contributed by atoms with Crippen LogP contribution in [-0.2, 0) is 4.79 Å². The van der Waals surface area contributed by atoms with Crippen molar-refractivity contribution in [1.29, 1.82) is 5.26 Å². The van der Waals surface area contributed by atoms with E-state index in [1.165, 1.54) is 11.8 Å². The quantitative estimate of drug-likeness (QED) is 0.571. The van der Waals surface area contributed by atoms with Crippen LogP contribution in [0.4, 0.5) is 11.4 Å². The molecule has 4 nitrogen and oxygen atoms in total. The Hall–Kier alpha value is -2.77. The van der Waals surface area contributed by atoms with Crippen LogP contribution in [0, 0.1) is 18.3 Å². The van der Waals surface area contributed by atoms with E-state index in [1.54, 1.807) is 18.2 Å². The minimum atomic E-state index is -0.459. The number of benzene rings is 2. The van der Waals surface area contributed by atoms with Gasteiger partial charge in [0.05, 0.1) is 0 Å². The van der Waals surface area contributed by atoms with E-state index < -0.39 is 5.91 Å². The largest absolute Gasteiger partial charge is 0.360 e. The number of nitrogens with zero attached hydrogens (tertiary/aromatic N) is 1. The van der Waals surface area contributed by atoms with E-state index in [1.807, 2.05) is 37.3 Å². The van der Waals surface area contributed by atoms with E-state index in [0.29, 0.717) is 16.6 Å². The Morgan fingerprint density at radius 1 is 1.20 bits per heavy atom. The molecule has 0 spiro atoms. The van der Waals surface area contributed by atoms with Gasteiger partial charge in [-0.25, -0.2) is 0 Å². The van der Waals surface area contributed by atoms with Crippen LogP contribution in [0.3, 0.4) is 0 Å². The van der Waals surface area contributed by atoms with Crippen molar-refractivity contribution in [1.82, 2.24) is 0 Å². The number of nitrogens with one attached hydrogen (secondary N) is 2. The molecule has 2 rings (SSSR count). The van der Waals surface area contributed by atoms with Gasteiger partial charge in [-0.05, 0) is 54.3 Å². The molecule has 2 N–H and O–H groups in total. The van der Waals surface area contributed by atoms with Crippen molar-refractivity contribution in [2.45, 2.75) is 26.7 Å². The molecule has 0 saturated carbocycles. The smallest absolute Gasteiger partial charge is 0.267 e. The zero-order valence-electron chi connectivity index (χ0n) is 14.4. The van der Waals surface area contributed by atoms with Crippen molar-refractivity contribution >= 4 is 28.9 Å². The molecule has 0 fully saturated rings. The SMILES string of the molecule is Cc1cc(Cl)ccc1N/C=C(/C#N)C(=O)Nc1ccc(C(C)C)cc1. The average Bonchev–Trinajstić information content (AvgIpc) is 2.57. The van der Waals surface area contributed by atoms with Crippen LogP contribution in [0.15, 0.2) is 54.2 Å². The second-order valence-electron chi connectivity index (χ2n) is 6.00. The summed E-state index contributed by atoms with van der Waals surface area (Å²) in [5, 5.41) is 15.6. The van der Waals surface area contributed by atoms with Gasteiger partial charge < -0.3 is 10.6 Å². The maximum atomic E-state index is 12.3. The van der Waals surface area contributed by atoms with E-state index in [4.69, 9.17) is 11.6 Å². The highest BCUT2D eigenvalue weighted by molar-refractivity contribution is 6.30. The Morgan fingerprint density at radius 2 is 1.88 bits per heavy atom. The molecule has 0 aromatic heterocycles. The number of rotatable bonds is 5. The van der Waals surface area contributed by atoms with E-state index >= 15 is 0 Å². The molecule has 128 valence electrons. The summed E-state index contributed by atoms with van der Waals surface area (Å²) in [5.41, 5.74) is 3.53. The number of anilines is 2. The molecule has 0 aliphatic carbocycles. The van der Waals surface area contributed by atoms with Gasteiger partial charge in [0.2, 0.25) is 0 Å². The third-order valence-electron chi connectivity index (χ3n) is 3.76. The topological polar surface area (TPSA) is 64.9 Å². The van der Waals surface area contributed by atoms with Crippen LogP contribution in [-0.4, -0.2) is 5.91 Å². The highest BCUT2D eigenvalue weighted by Crippen LogP contribution is 2.20. The van der Waals surface area contributed by atoms with Gasteiger partial charge in [-0.3, -0.25) is 4.79 Å². The summed E-state index contributed by atoms with van der Waals surface area (Å²) in [6.45, 7) is 6.10. The number of carbonyl (C=O) groups excluding carboxylic acids is 1. The van der Waals surface area contributed by atoms with Gasteiger partial charge in [0.1, 0.15) is 11.6 Å². The summed E-state index contributed by atoms with van der Waals surface area (Å²) in [6, 6.07) is 14.9. The highest BCUT2D eigenvalue weighted by Gasteiger charge is 2.10. The molecule has 2 aromatic carbocycles. The maximum absolute atomic E-state index is 12.3. The molecule has 2 aromatic rings. The monoisotopic (exact) mass is 353 g/mol. The minimum Gasteiger partial charge on any atom is -0.360 e. The molecule has 25 heavy (non-hydrogen) atoms. The summed E-state index contributed by atoms with van der Waals surface area (Å²) >= 11 is 5.92. The molecule has 5 heteroatoms. The van der Waals surface area contributed by atoms with E-state index in [9.17, 15) is 10.1 Å². The summed E-state index contributed by atoms with van der Waals surface area (Å²) in [5.74, 6) is -0.0370. The van der Waals surface area contributed by atoms with Crippen LogP contribution in [0.5, 0.6) is 0 Å². The average molecular weight is 354 g/mol. The molecule has 0 heterocycles. The number of halogens is 1. The lowest BCUT2D eigenvalue weighted by Gasteiger charge is -2.09. The first-order chi connectivity index (χ1) is 11.9.